The Balaban J connectivity index is 1.67. The molecule has 3 aromatic carbocycles. The molecule has 0 radical (unpaired) electrons. The van der Waals surface area contributed by atoms with E-state index in [0.717, 1.165) is 6.08 Å². The Morgan fingerprint density at radius 2 is 1.62 bits per heavy atom. The third-order valence-electron chi connectivity index (χ3n) is 5.82. The number of aromatic nitrogens is 1. The molecule has 0 aliphatic carbocycles. The van der Waals surface area contributed by atoms with Gasteiger partial charge in [0.05, 0.1) is 27.0 Å². The highest BCUT2D eigenvalue weighted by Gasteiger charge is 2.23. The number of nitrogens with zero attached hydrogens (tertiary/aromatic N) is 2. The van der Waals surface area contributed by atoms with Crippen molar-refractivity contribution in [2.45, 2.75) is 0 Å². The minimum absolute atomic E-state index is 0.0803. The van der Waals surface area contributed by atoms with Crippen molar-refractivity contribution in [3.63, 3.8) is 0 Å². The number of pyridine rings is 1. The minimum Gasteiger partial charge on any atom is -0.486 e. The number of non-ortho nitro benzene ring substituents is 1. The van der Waals surface area contributed by atoms with Gasteiger partial charge in [-0.05, 0) is 29.8 Å². The number of hydrogen-bond donors (Lipinski definition) is 1. The average Bonchev–Trinajstić information content (AvgIpc) is 2.90. The van der Waals surface area contributed by atoms with Crippen molar-refractivity contribution in [2.75, 3.05) is 13.2 Å². The summed E-state index contributed by atoms with van der Waals surface area (Å²) in [6, 6.07) is 15.1. The number of carbonyl (C=O) groups excluding carboxylic acids is 1. The molecule has 2 heterocycles. The van der Waals surface area contributed by atoms with Crippen molar-refractivity contribution < 1.29 is 24.1 Å². The number of fused-ring (bicyclic) bond motifs is 2. The lowest BCUT2D eigenvalue weighted by Crippen LogP contribution is -2.18. The molecule has 11 heteroatoms. The molecule has 0 saturated carbocycles. The number of allylic oxidation sites excluding steroid dienone is 1. The zero-order valence-corrected chi connectivity index (χ0v) is 19.0. The molecule has 0 amide bonds. The molecule has 0 bridgehead atoms. The Bertz CT molecular complexity index is 1680. The van der Waals surface area contributed by atoms with Gasteiger partial charge in [0.2, 0.25) is 0 Å². The number of nitro benzene ring substituents is 2. The Morgan fingerprint density at radius 1 is 0.919 bits per heavy atom. The maximum Gasteiger partial charge on any atom is 0.280 e. The van der Waals surface area contributed by atoms with Gasteiger partial charge in [0.25, 0.3) is 16.9 Å². The summed E-state index contributed by atoms with van der Waals surface area (Å²) in [7, 11) is 0. The second-order valence-electron chi connectivity index (χ2n) is 8.07. The SMILES string of the molecule is O=C(/C=C/c1cc2c(cc1[N+](=O)[O-])OCCO2)c1c(-c2ccccc2)c2cc([N+](=O)[O-])ccc2[nH]c1=O. The highest BCUT2D eigenvalue weighted by atomic mass is 16.6. The van der Waals surface area contributed by atoms with E-state index in [1.54, 1.807) is 30.3 Å². The predicted molar refractivity (Wildman–Crippen MR) is 134 cm³/mol. The molecule has 1 aliphatic heterocycles. The lowest BCUT2D eigenvalue weighted by Gasteiger charge is -2.18. The summed E-state index contributed by atoms with van der Waals surface area (Å²) in [5.41, 5.74) is -0.357. The molecule has 0 atom stereocenters. The number of benzene rings is 3. The number of hydrogen-bond acceptors (Lipinski definition) is 8. The van der Waals surface area contributed by atoms with E-state index in [2.05, 4.69) is 4.98 Å². The van der Waals surface area contributed by atoms with Crippen molar-refractivity contribution in [3.05, 3.63) is 108 Å². The van der Waals surface area contributed by atoms with E-state index >= 15 is 0 Å². The van der Waals surface area contributed by atoms with E-state index in [9.17, 15) is 29.8 Å². The second kappa shape index (κ2) is 9.38. The summed E-state index contributed by atoms with van der Waals surface area (Å²) in [5.74, 6) is -0.220. The highest BCUT2D eigenvalue weighted by molar-refractivity contribution is 6.15. The van der Waals surface area contributed by atoms with Gasteiger partial charge in [-0.3, -0.25) is 29.8 Å². The van der Waals surface area contributed by atoms with Crippen LogP contribution in [0, 0.1) is 20.2 Å². The van der Waals surface area contributed by atoms with Crippen molar-refractivity contribution in [1.29, 1.82) is 0 Å². The fourth-order valence-corrected chi connectivity index (χ4v) is 4.17. The number of ketones is 1. The zero-order valence-electron chi connectivity index (χ0n) is 19.0. The summed E-state index contributed by atoms with van der Waals surface area (Å²) in [6.45, 7) is 0.523. The fourth-order valence-electron chi connectivity index (χ4n) is 4.17. The number of ether oxygens (including phenoxy) is 2. The standard InChI is InChI=1S/C26H17N3O8/c30-21(9-6-16-12-22-23(37-11-10-36-22)14-20(16)29(34)35)25-24(15-4-2-1-3-5-15)18-13-17(28(32)33)7-8-19(18)27-26(25)31/h1-9,12-14H,10-11H2,(H,27,31)/b9-6+. The lowest BCUT2D eigenvalue weighted by atomic mass is 9.93. The summed E-state index contributed by atoms with van der Waals surface area (Å²) >= 11 is 0. The Kier molecular flexibility index (Phi) is 5.94. The van der Waals surface area contributed by atoms with E-state index in [-0.39, 0.29) is 47.0 Å². The van der Waals surface area contributed by atoms with Crippen LogP contribution in [0.4, 0.5) is 11.4 Å². The van der Waals surface area contributed by atoms with E-state index in [4.69, 9.17) is 9.47 Å². The van der Waals surface area contributed by atoms with Crippen LogP contribution in [0.1, 0.15) is 15.9 Å². The maximum atomic E-state index is 13.4. The van der Waals surface area contributed by atoms with E-state index < -0.39 is 21.2 Å². The molecule has 11 nitrogen and oxygen atoms in total. The number of rotatable bonds is 6. The van der Waals surface area contributed by atoms with Crippen LogP contribution in [0.3, 0.4) is 0 Å². The van der Waals surface area contributed by atoms with Crippen LogP contribution in [0.25, 0.3) is 28.1 Å². The molecule has 0 saturated heterocycles. The second-order valence-corrected chi connectivity index (χ2v) is 8.07. The summed E-state index contributed by atoms with van der Waals surface area (Å²) in [6.07, 6.45) is 2.28. The van der Waals surface area contributed by atoms with Gasteiger partial charge in [-0.15, -0.1) is 0 Å². The first kappa shape index (κ1) is 23.4. The third-order valence-corrected chi connectivity index (χ3v) is 5.82. The Hall–Kier alpha value is -5.32. The summed E-state index contributed by atoms with van der Waals surface area (Å²) in [5, 5.41) is 23.3. The number of H-pyrrole nitrogens is 1. The molecule has 37 heavy (non-hydrogen) atoms. The maximum absolute atomic E-state index is 13.4. The van der Waals surface area contributed by atoms with Gasteiger partial charge in [-0.2, -0.15) is 0 Å². The molecule has 0 unspecified atom stereocenters. The normalized spacial score (nSPS) is 12.5. The van der Waals surface area contributed by atoms with Gasteiger partial charge in [0.1, 0.15) is 13.2 Å². The third kappa shape index (κ3) is 4.41. The van der Waals surface area contributed by atoms with Crippen LogP contribution in [0.5, 0.6) is 11.5 Å². The fraction of sp³-hybridized carbons (Fsp3) is 0.0769. The summed E-state index contributed by atoms with van der Waals surface area (Å²) in [4.78, 5) is 50.9. The topological polar surface area (TPSA) is 155 Å². The zero-order chi connectivity index (χ0) is 26.1. The van der Waals surface area contributed by atoms with E-state index in [1.807, 2.05) is 0 Å². The van der Waals surface area contributed by atoms with Crippen molar-refractivity contribution in [1.82, 2.24) is 4.98 Å². The summed E-state index contributed by atoms with van der Waals surface area (Å²) < 4.78 is 10.9. The lowest BCUT2D eigenvalue weighted by molar-refractivity contribution is -0.385. The molecule has 4 aromatic rings. The van der Waals surface area contributed by atoms with Crippen LogP contribution in [-0.4, -0.2) is 33.8 Å². The van der Waals surface area contributed by atoms with Crippen molar-refractivity contribution >= 4 is 34.1 Å². The van der Waals surface area contributed by atoms with Gasteiger partial charge in [-0.25, -0.2) is 0 Å². The monoisotopic (exact) mass is 499 g/mol. The van der Waals surface area contributed by atoms with E-state index in [0.29, 0.717) is 22.2 Å². The van der Waals surface area contributed by atoms with Crippen LogP contribution < -0.4 is 15.0 Å². The first-order valence-corrected chi connectivity index (χ1v) is 11.0. The Morgan fingerprint density at radius 3 is 2.30 bits per heavy atom. The minimum atomic E-state index is -0.738. The van der Waals surface area contributed by atoms with Crippen LogP contribution >= 0.6 is 0 Å². The molecule has 184 valence electrons. The van der Waals surface area contributed by atoms with Gasteiger partial charge in [0, 0.05) is 28.6 Å². The smallest absolute Gasteiger partial charge is 0.280 e. The molecule has 1 aliphatic rings. The first-order valence-electron chi connectivity index (χ1n) is 11.0. The number of nitrogens with one attached hydrogen (secondary N) is 1. The molecule has 0 fully saturated rings. The first-order chi connectivity index (χ1) is 17.8. The molecule has 1 N–H and O–H groups in total. The van der Waals surface area contributed by atoms with Crippen molar-refractivity contribution in [2.24, 2.45) is 0 Å². The number of carbonyl (C=O) groups is 1. The van der Waals surface area contributed by atoms with Gasteiger partial charge >= 0.3 is 0 Å². The highest BCUT2D eigenvalue weighted by Crippen LogP contribution is 2.37. The molecule has 1 aromatic heterocycles. The van der Waals surface area contributed by atoms with Gasteiger partial charge in [0.15, 0.2) is 17.3 Å². The molecule has 5 rings (SSSR count). The van der Waals surface area contributed by atoms with Gasteiger partial charge < -0.3 is 14.5 Å². The number of nitro groups is 2. The Labute approximate surface area is 207 Å². The largest absolute Gasteiger partial charge is 0.486 e. The van der Waals surface area contributed by atoms with Crippen LogP contribution in [0.15, 0.2) is 71.5 Å². The molecular weight excluding hydrogens is 482 g/mol. The van der Waals surface area contributed by atoms with E-state index in [1.165, 1.54) is 36.4 Å². The van der Waals surface area contributed by atoms with Crippen LogP contribution in [0.2, 0.25) is 0 Å². The molecule has 0 spiro atoms. The van der Waals surface area contributed by atoms with Gasteiger partial charge in [-0.1, -0.05) is 30.3 Å². The average molecular weight is 499 g/mol. The quantitative estimate of drug-likeness (QED) is 0.174. The molecular formula is C26H17N3O8. The predicted octanol–water partition coefficient (Wildman–Crippen LogP) is 4.68. The van der Waals surface area contributed by atoms with Crippen LogP contribution in [-0.2, 0) is 0 Å². The van der Waals surface area contributed by atoms with Crippen molar-refractivity contribution in [3.8, 4) is 22.6 Å². The number of aromatic amines is 1.